The van der Waals surface area contributed by atoms with E-state index in [0.29, 0.717) is 24.0 Å². The van der Waals surface area contributed by atoms with Gasteiger partial charge in [0.1, 0.15) is 5.75 Å². The molecule has 1 aromatic rings. The maximum atomic E-state index is 12.5. The molecule has 29 heavy (non-hydrogen) atoms. The van der Waals surface area contributed by atoms with Crippen LogP contribution in [-0.4, -0.2) is 44.5 Å². The Hall–Kier alpha value is -1.23. The Morgan fingerprint density at radius 1 is 1.34 bits per heavy atom. The number of rotatable bonds is 5. The highest BCUT2D eigenvalue weighted by molar-refractivity contribution is 14.0. The number of hydrogen-bond donors (Lipinski definition) is 2. The Morgan fingerprint density at radius 3 is 2.72 bits per heavy atom. The quantitative estimate of drug-likeness (QED) is 0.345. The highest BCUT2D eigenvalue weighted by Crippen LogP contribution is 2.52. The molecule has 1 saturated heterocycles. The van der Waals surface area contributed by atoms with Crippen molar-refractivity contribution >= 4 is 29.9 Å². The van der Waals surface area contributed by atoms with Crippen molar-refractivity contribution in [3.05, 3.63) is 29.3 Å². The van der Waals surface area contributed by atoms with Crippen molar-refractivity contribution in [2.75, 3.05) is 20.3 Å². The lowest BCUT2D eigenvalue weighted by Crippen LogP contribution is -2.67. The van der Waals surface area contributed by atoms with Gasteiger partial charge in [-0.25, -0.2) is 0 Å². The molecule has 0 amide bonds. The molecule has 164 valence electrons. The summed E-state index contributed by atoms with van der Waals surface area (Å²) in [6.45, 7) is 5.95. The zero-order chi connectivity index (χ0) is 20.5. The molecule has 2 N–H and O–H groups in total. The van der Waals surface area contributed by atoms with Gasteiger partial charge in [0.25, 0.3) is 0 Å². The van der Waals surface area contributed by atoms with E-state index in [1.54, 1.807) is 19.2 Å². The van der Waals surface area contributed by atoms with Gasteiger partial charge in [0, 0.05) is 43.1 Å². The third-order valence-corrected chi connectivity index (χ3v) is 5.68. The summed E-state index contributed by atoms with van der Waals surface area (Å²) in [6, 6.07) is 5.48. The SMILES string of the molecule is CN=C(NCc1ccc(C)cc1OCC(F)(F)F)NC1C2CCOC2C1(C)C.I. The summed E-state index contributed by atoms with van der Waals surface area (Å²) in [5.41, 5.74) is 1.49. The summed E-state index contributed by atoms with van der Waals surface area (Å²) < 4.78 is 48.4. The number of aliphatic imine (C=N–C) groups is 1. The van der Waals surface area contributed by atoms with Gasteiger partial charge in [-0.3, -0.25) is 4.99 Å². The third kappa shape index (κ3) is 5.48. The van der Waals surface area contributed by atoms with Crippen molar-refractivity contribution < 1.29 is 22.6 Å². The summed E-state index contributed by atoms with van der Waals surface area (Å²) in [4.78, 5) is 4.27. The van der Waals surface area contributed by atoms with Gasteiger partial charge in [-0.05, 0) is 25.0 Å². The largest absolute Gasteiger partial charge is 0.484 e. The van der Waals surface area contributed by atoms with Crippen LogP contribution in [0.5, 0.6) is 5.75 Å². The van der Waals surface area contributed by atoms with E-state index in [0.717, 1.165) is 18.6 Å². The van der Waals surface area contributed by atoms with Crippen LogP contribution in [0, 0.1) is 18.3 Å². The number of hydrogen-bond acceptors (Lipinski definition) is 3. The number of aryl methyl sites for hydroxylation is 1. The second kappa shape index (κ2) is 9.28. The van der Waals surface area contributed by atoms with Crippen molar-refractivity contribution in [3.8, 4) is 5.75 Å². The van der Waals surface area contributed by atoms with Crippen molar-refractivity contribution in [2.24, 2.45) is 16.3 Å². The molecule has 2 aliphatic rings. The van der Waals surface area contributed by atoms with Crippen molar-refractivity contribution in [1.82, 2.24) is 10.6 Å². The van der Waals surface area contributed by atoms with E-state index < -0.39 is 12.8 Å². The molecule has 1 aliphatic heterocycles. The molecule has 0 spiro atoms. The minimum absolute atomic E-state index is 0. The number of guanidine groups is 1. The lowest BCUT2D eigenvalue weighted by Gasteiger charge is -2.54. The normalized spacial score (nSPS) is 25.5. The summed E-state index contributed by atoms with van der Waals surface area (Å²) in [5, 5.41) is 6.66. The van der Waals surface area contributed by atoms with Gasteiger partial charge >= 0.3 is 6.18 Å². The molecule has 9 heteroatoms. The average molecular weight is 527 g/mol. The van der Waals surface area contributed by atoms with E-state index >= 15 is 0 Å². The van der Waals surface area contributed by atoms with Crippen LogP contribution in [0.15, 0.2) is 23.2 Å². The molecule has 1 heterocycles. The number of nitrogens with one attached hydrogen (secondary N) is 2. The zero-order valence-electron chi connectivity index (χ0n) is 17.1. The summed E-state index contributed by atoms with van der Waals surface area (Å²) in [7, 11) is 1.68. The first-order valence-corrected chi connectivity index (χ1v) is 9.49. The fourth-order valence-electron chi connectivity index (χ4n) is 4.24. The van der Waals surface area contributed by atoms with E-state index in [1.165, 1.54) is 0 Å². The van der Waals surface area contributed by atoms with E-state index in [1.807, 2.05) is 13.0 Å². The monoisotopic (exact) mass is 527 g/mol. The summed E-state index contributed by atoms with van der Waals surface area (Å²) in [6.07, 6.45) is -3.08. The van der Waals surface area contributed by atoms with Crippen LogP contribution in [-0.2, 0) is 11.3 Å². The van der Waals surface area contributed by atoms with E-state index in [2.05, 4.69) is 29.5 Å². The molecule has 3 atom stereocenters. The second-order valence-electron chi connectivity index (χ2n) is 8.13. The molecule has 0 radical (unpaired) electrons. The van der Waals surface area contributed by atoms with Crippen LogP contribution in [0.4, 0.5) is 13.2 Å². The molecular weight excluding hydrogens is 498 g/mol. The van der Waals surface area contributed by atoms with Crippen LogP contribution >= 0.6 is 24.0 Å². The van der Waals surface area contributed by atoms with Crippen molar-refractivity contribution in [3.63, 3.8) is 0 Å². The van der Waals surface area contributed by atoms with E-state index in [4.69, 9.17) is 9.47 Å². The number of ether oxygens (including phenoxy) is 2. The first-order valence-electron chi connectivity index (χ1n) is 9.49. The van der Waals surface area contributed by atoms with Gasteiger partial charge in [0.05, 0.1) is 6.10 Å². The molecule has 1 saturated carbocycles. The minimum Gasteiger partial charge on any atom is -0.484 e. The molecule has 5 nitrogen and oxygen atoms in total. The standard InChI is InChI=1S/C20H28F3N3O2.HI/c1-12-5-6-13(15(9-12)28-11-20(21,22)23)10-25-18(24-4)26-16-14-7-8-27-17(14)19(16,2)3;/h5-6,9,14,16-17H,7-8,10-11H2,1-4H3,(H2,24,25,26);1H. The fraction of sp³-hybridized carbons (Fsp3) is 0.650. The Balaban J connectivity index is 0.00000300. The van der Waals surface area contributed by atoms with E-state index in [9.17, 15) is 13.2 Å². The smallest absolute Gasteiger partial charge is 0.422 e. The number of nitrogens with zero attached hydrogens (tertiary/aromatic N) is 1. The molecule has 3 unspecified atom stereocenters. The van der Waals surface area contributed by atoms with Gasteiger partial charge in [0.2, 0.25) is 0 Å². The maximum absolute atomic E-state index is 12.5. The van der Waals surface area contributed by atoms with Crippen LogP contribution in [0.25, 0.3) is 0 Å². The lowest BCUT2D eigenvalue weighted by molar-refractivity contribution is -0.153. The summed E-state index contributed by atoms with van der Waals surface area (Å²) >= 11 is 0. The average Bonchev–Trinajstić information content (AvgIpc) is 3.07. The van der Waals surface area contributed by atoms with Gasteiger partial charge in [0.15, 0.2) is 12.6 Å². The maximum Gasteiger partial charge on any atom is 0.422 e. The van der Waals surface area contributed by atoms with Crippen molar-refractivity contribution in [2.45, 2.75) is 52.1 Å². The number of fused-ring (bicyclic) bond motifs is 1. The number of alkyl halides is 3. The predicted octanol–water partition coefficient (Wildman–Crippen LogP) is 4.03. The van der Waals surface area contributed by atoms with E-state index in [-0.39, 0.29) is 47.3 Å². The topological polar surface area (TPSA) is 54.9 Å². The van der Waals surface area contributed by atoms with Gasteiger partial charge < -0.3 is 20.1 Å². The third-order valence-electron chi connectivity index (χ3n) is 5.68. The Labute approximate surface area is 186 Å². The molecule has 0 aromatic heterocycles. The van der Waals surface area contributed by atoms with Crippen LogP contribution in [0.2, 0.25) is 0 Å². The number of benzene rings is 1. The van der Waals surface area contributed by atoms with Crippen LogP contribution in [0.3, 0.4) is 0 Å². The first-order chi connectivity index (χ1) is 13.1. The minimum atomic E-state index is -4.37. The Kier molecular flexibility index (Phi) is 7.69. The van der Waals surface area contributed by atoms with Gasteiger partial charge in [-0.2, -0.15) is 13.2 Å². The first kappa shape index (κ1) is 24.0. The Bertz CT molecular complexity index is 740. The zero-order valence-corrected chi connectivity index (χ0v) is 19.4. The van der Waals surface area contributed by atoms with Crippen LogP contribution < -0.4 is 15.4 Å². The molecule has 2 fully saturated rings. The molecular formula is C20H29F3IN3O2. The molecule has 1 aromatic carbocycles. The Morgan fingerprint density at radius 2 is 2.07 bits per heavy atom. The highest BCUT2D eigenvalue weighted by Gasteiger charge is 2.59. The predicted molar refractivity (Wildman–Crippen MR) is 117 cm³/mol. The molecule has 1 aliphatic carbocycles. The fourth-order valence-corrected chi connectivity index (χ4v) is 4.24. The summed E-state index contributed by atoms with van der Waals surface area (Å²) in [5.74, 6) is 1.30. The highest BCUT2D eigenvalue weighted by atomic mass is 127. The van der Waals surface area contributed by atoms with Crippen LogP contribution in [0.1, 0.15) is 31.4 Å². The van der Waals surface area contributed by atoms with Gasteiger partial charge in [-0.1, -0.05) is 26.0 Å². The number of halogens is 4. The van der Waals surface area contributed by atoms with Gasteiger partial charge in [-0.15, -0.1) is 24.0 Å². The lowest BCUT2D eigenvalue weighted by atomic mass is 9.57. The van der Waals surface area contributed by atoms with Crippen molar-refractivity contribution in [1.29, 1.82) is 0 Å². The molecule has 0 bridgehead atoms. The second-order valence-corrected chi connectivity index (χ2v) is 8.13. The molecule has 3 rings (SSSR count).